The van der Waals surface area contributed by atoms with Crippen LogP contribution in [0.3, 0.4) is 0 Å². The minimum absolute atomic E-state index is 0.158. The summed E-state index contributed by atoms with van der Waals surface area (Å²) in [5, 5.41) is 5.38. The van der Waals surface area contributed by atoms with Crippen LogP contribution in [0, 0.1) is 5.92 Å². The third-order valence-electron chi connectivity index (χ3n) is 7.10. The average molecular weight is 554 g/mol. The van der Waals surface area contributed by atoms with Crippen LogP contribution in [-0.2, 0) is 23.9 Å². The number of methoxy groups -OCH3 is 2. The predicted molar refractivity (Wildman–Crippen MR) is 148 cm³/mol. The lowest BCUT2D eigenvalue weighted by Crippen LogP contribution is -2.43. The molecule has 0 unspecified atom stereocenters. The summed E-state index contributed by atoms with van der Waals surface area (Å²) in [6.07, 6.45) is 1.76. The van der Waals surface area contributed by atoms with Crippen molar-refractivity contribution in [2.75, 3.05) is 27.4 Å². The van der Waals surface area contributed by atoms with E-state index in [0.29, 0.717) is 52.4 Å². The number of ketones is 1. The van der Waals surface area contributed by atoms with Crippen LogP contribution in [0.15, 0.2) is 58.3 Å². The molecule has 8 nitrogen and oxygen atoms in total. The van der Waals surface area contributed by atoms with Gasteiger partial charge < -0.3 is 24.3 Å². The third-order valence-corrected chi connectivity index (χ3v) is 8.10. The summed E-state index contributed by atoms with van der Waals surface area (Å²) in [6.45, 7) is 5.83. The van der Waals surface area contributed by atoms with Gasteiger partial charge in [0.2, 0.25) is 0 Å². The Morgan fingerprint density at radius 3 is 2.44 bits per heavy atom. The Kier molecular flexibility index (Phi) is 9.12. The number of hydrogen-bond acceptors (Lipinski definition) is 9. The summed E-state index contributed by atoms with van der Waals surface area (Å²) < 4.78 is 22.1. The van der Waals surface area contributed by atoms with E-state index in [0.717, 1.165) is 11.3 Å². The van der Waals surface area contributed by atoms with E-state index in [9.17, 15) is 14.4 Å². The lowest BCUT2D eigenvalue weighted by Gasteiger charge is -2.40. The standard InChI is InChI=1S/C30H35NO7S/c1-6-10-20-27(30(34)38-8-3)24(18-15-17(35-4)12-13-22(18)36-5)26-21(31-20)16-19(23-11-9-14-39-23)25(28(26)32)29(33)37-7-2/h9,11-15,19,24-25,31H,6-8,10,16H2,1-5H3/t19-,24-,25-/m0/s1. The highest BCUT2D eigenvalue weighted by Gasteiger charge is 2.50. The Bertz CT molecular complexity index is 1290. The molecule has 0 amide bonds. The minimum Gasteiger partial charge on any atom is -0.497 e. The third kappa shape index (κ3) is 5.45. The Labute approximate surface area is 233 Å². The number of esters is 2. The molecule has 1 aromatic heterocycles. The number of carbonyl (C=O) groups excluding carboxylic acids is 3. The first-order valence-corrected chi connectivity index (χ1v) is 14.1. The number of carbonyl (C=O) groups is 3. The molecule has 0 fully saturated rings. The lowest BCUT2D eigenvalue weighted by atomic mass is 9.68. The lowest BCUT2D eigenvalue weighted by molar-refractivity contribution is -0.152. The summed E-state index contributed by atoms with van der Waals surface area (Å²) >= 11 is 1.51. The number of nitrogens with one attached hydrogen (secondary N) is 1. The van der Waals surface area contributed by atoms with Crippen molar-refractivity contribution in [1.82, 2.24) is 5.32 Å². The second-order valence-electron chi connectivity index (χ2n) is 9.34. The predicted octanol–water partition coefficient (Wildman–Crippen LogP) is 5.26. The van der Waals surface area contributed by atoms with Crippen molar-refractivity contribution in [3.8, 4) is 11.5 Å². The quantitative estimate of drug-likeness (QED) is 0.314. The fourth-order valence-corrected chi connectivity index (χ4v) is 6.36. The topological polar surface area (TPSA) is 100 Å². The molecule has 0 saturated carbocycles. The molecule has 4 rings (SSSR count). The fourth-order valence-electron chi connectivity index (χ4n) is 5.49. The number of Topliss-reactive ketones (excluding diaryl/α,β-unsaturated/α-hetero) is 1. The molecule has 2 heterocycles. The van der Waals surface area contributed by atoms with E-state index in [4.69, 9.17) is 18.9 Å². The number of dihydropyridines is 1. The molecule has 0 spiro atoms. The molecule has 1 N–H and O–H groups in total. The average Bonchev–Trinajstić information content (AvgIpc) is 3.47. The zero-order chi connectivity index (χ0) is 28.1. The molecule has 0 bridgehead atoms. The highest BCUT2D eigenvalue weighted by atomic mass is 32.1. The van der Waals surface area contributed by atoms with E-state index in [1.807, 2.05) is 24.4 Å². The van der Waals surface area contributed by atoms with Gasteiger partial charge in [0.05, 0.1) is 38.9 Å². The van der Waals surface area contributed by atoms with Crippen LogP contribution in [0.4, 0.5) is 0 Å². The molecular weight excluding hydrogens is 518 g/mol. The summed E-state index contributed by atoms with van der Waals surface area (Å²) in [7, 11) is 3.09. The van der Waals surface area contributed by atoms with Crippen LogP contribution in [0.5, 0.6) is 11.5 Å². The van der Waals surface area contributed by atoms with E-state index in [1.54, 1.807) is 46.3 Å². The number of ether oxygens (including phenoxy) is 4. The van der Waals surface area contributed by atoms with Crippen LogP contribution >= 0.6 is 11.3 Å². The number of hydrogen-bond donors (Lipinski definition) is 1. The van der Waals surface area contributed by atoms with E-state index < -0.39 is 23.8 Å². The highest BCUT2D eigenvalue weighted by Crippen LogP contribution is 2.51. The van der Waals surface area contributed by atoms with Crippen molar-refractivity contribution in [3.63, 3.8) is 0 Å². The van der Waals surface area contributed by atoms with Crippen LogP contribution < -0.4 is 14.8 Å². The molecule has 9 heteroatoms. The first kappa shape index (κ1) is 28.4. The number of allylic oxidation sites excluding steroid dienone is 3. The fraction of sp³-hybridized carbons (Fsp3) is 0.433. The molecule has 1 aliphatic heterocycles. The molecule has 3 atom stereocenters. The van der Waals surface area contributed by atoms with Gasteiger partial charge in [0.15, 0.2) is 5.78 Å². The maximum absolute atomic E-state index is 14.5. The monoisotopic (exact) mass is 553 g/mol. The van der Waals surface area contributed by atoms with Gasteiger partial charge in [0.1, 0.15) is 17.4 Å². The summed E-state index contributed by atoms with van der Waals surface area (Å²) in [4.78, 5) is 42.3. The van der Waals surface area contributed by atoms with Crippen molar-refractivity contribution in [3.05, 3.63) is 68.7 Å². The summed E-state index contributed by atoms with van der Waals surface area (Å²) in [5.41, 5.74) is 2.69. The largest absolute Gasteiger partial charge is 0.497 e. The van der Waals surface area contributed by atoms with Crippen LogP contribution in [0.2, 0.25) is 0 Å². The molecule has 0 radical (unpaired) electrons. The van der Waals surface area contributed by atoms with E-state index >= 15 is 0 Å². The Hall–Kier alpha value is -3.59. The SMILES string of the molecule is CCCC1=C(C(=O)OCC)[C@@H](c2cc(OC)ccc2OC)C2=C(C[C@@H](c3cccs3)[C@H](C(=O)OCC)C2=O)N1. The number of thiophene rings is 1. The number of rotatable bonds is 10. The van der Waals surface area contributed by atoms with Gasteiger partial charge in [0, 0.05) is 33.3 Å². The smallest absolute Gasteiger partial charge is 0.336 e. The van der Waals surface area contributed by atoms with Crippen molar-refractivity contribution < 1.29 is 33.3 Å². The first-order chi connectivity index (χ1) is 18.9. The van der Waals surface area contributed by atoms with Gasteiger partial charge in [-0.3, -0.25) is 9.59 Å². The van der Waals surface area contributed by atoms with Crippen molar-refractivity contribution >= 4 is 29.1 Å². The molecule has 1 aromatic carbocycles. The van der Waals surface area contributed by atoms with Crippen molar-refractivity contribution in [2.45, 2.75) is 51.9 Å². The maximum atomic E-state index is 14.5. The highest BCUT2D eigenvalue weighted by molar-refractivity contribution is 7.10. The van der Waals surface area contributed by atoms with Crippen LogP contribution in [-0.4, -0.2) is 45.2 Å². The molecule has 208 valence electrons. The second-order valence-corrected chi connectivity index (χ2v) is 10.3. The van der Waals surface area contributed by atoms with E-state index in [-0.39, 0.29) is 24.9 Å². The number of benzene rings is 1. The van der Waals surface area contributed by atoms with Gasteiger partial charge in [-0.2, -0.15) is 0 Å². The van der Waals surface area contributed by atoms with Crippen molar-refractivity contribution in [1.29, 1.82) is 0 Å². The Morgan fingerprint density at radius 2 is 1.82 bits per heavy atom. The van der Waals surface area contributed by atoms with Gasteiger partial charge in [-0.15, -0.1) is 11.3 Å². The van der Waals surface area contributed by atoms with Gasteiger partial charge >= 0.3 is 11.9 Å². The molecule has 2 aromatic rings. The van der Waals surface area contributed by atoms with Crippen molar-refractivity contribution in [2.24, 2.45) is 5.92 Å². The molecule has 2 aliphatic rings. The van der Waals surface area contributed by atoms with Gasteiger partial charge in [-0.25, -0.2) is 4.79 Å². The van der Waals surface area contributed by atoms with Crippen LogP contribution in [0.25, 0.3) is 0 Å². The van der Waals surface area contributed by atoms with Gasteiger partial charge in [-0.1, -0.05) is 19.4 Å². The molecule has 0 saturated heterocycles. The van der Waals surface area contributed by atoms with Crippen LogP contribution in [0.1, 0.15) is 62.3 Å². The van der Waals surface area contributed by atoms with Gasteiger partial charge in [-0.05, 0) is 56.3 Å². The zero-order valence-electron chi connectivity index (χ0n) is 23.0. The first-order valence-electron chi connectivity index (χ1n) is 13.3. The van der Waals surface area contributed by atoms with E-state index in [2.05, 4.69) is 5.32 Å². The molecule has 1 aliphatic carbocycles. The Morgan fingerprint density at radius 1 is 1.05 bits per heavy atom. The van der Waals surface area contributed by atoms with E-state index in [1.165, 1.54) is 11.3 Å². The maximum Gasteiger partial charge on any atom is 0.336 e. The zero-order valence-corrected chi connectivity index (χ0v) is 23.8. The van der Waals surface area contributed by atoms with Gasteiger partial charge in [0.25, 0.3) is 0 Å². The normalized spacial score (nSPS) is 20.7. The minimum atomic E-state index is -1.04. The molecular formula is C30H35NO7S. The summed E-state index contributed by atoms with van der Waals surface area (Å²) in [5.74, 6) is -2.66. The second kappa shape index (κ2) is 12.5. The summed E-state index contributed by atoms with van der Waals surface area (Å²) in [6, 6.07) is 9.15. The Balaban J connectivity index is 1.99. The molecule has 39 heavy (non-hydrogen) atoms.